The van der Waals surface area contributed by atoms with Gasteiger partial charge in [0, 0.05) is 12.1 Å². The van der Waals surface area contributed by atoms with Crippen LogP contribution in [0, 0.1) is 40.4 Å². The topological polar surface area (TPSA) is 29.1 Å². The van der Waals surface area contributed by atoms with E-state index in [0.29, 0.717) is 23.3 Å². The van der Waals surface area contributed by atoms with Gasteiger partial charge in [-0.05, 0) is 84.5 Å². The summed E-state index contributed by atoms with van der Waals surface area (Å²) in [5, 5.41) is 3.53. The Balaban J connectivity index is 1.55. The predicted octanol–water partition coefficient (Wildman–Crippen LogP) is 6.67. The molecule has 0 saturated heterocycles. The van der Waals surface area contributed by atoms with E-state index in [1.165, 1.54) is 56.9 Å². The van der Waals surface area contributed by atoms with Crippen molar-refractivity contribution in [3.8, 4) is 0 Å². The van der Waals surface area contributed by atoms with Gasteiger partial charge in [0.15, 0.2) is 0 Å². The molecule has 1 aliphatic heterocycles. The van der Waals surface area contributed by atoms with Gasteiger partial charge in [0.25, 0.3) is 0 Å². The Kier molecular flexibility index (Phi) is 5.77. The summed E-state index contributed by atoms with van der Waals surface area (Å²) in [4.78, 5) is 12.8. The lowest BCUT2D eigenvalue weighted by molar-refractivity contribution is -0.119. The molecule has 0 aromatic rings. The first kappa shape index (κ1) is 21.2. The molecule has 29 heavy (non-hydrogen) atoms. The maximum atomic E-state index is 12.8. The Labute approximate surface area is 179 Å². The molecule has 2 fully saturated rings. The van der Waals surface area contributed by atoms with Gasteiger partial charge in [-0.15, -0.1) is 0 Å². The first-order valence-corrected chi connectivity index (χ1v) is 12.4. The van der Waals surface area contributed by atoms with Gasteiger partial charge in [-0.25, -0.2) is 0 Å². The summed E-state index contributed by atoms with van der Waals surface area (Å²) in [5.41, 5.74) is 1.85. The molecule has 1 amide bonds. The highest BCUT2D eigenvalue weighted by molar-refractivity contribution is 5.89. The summed E-state index contributed by atoms with van der Waals surface area (Å²) < 4.78 is 0. The molecule has 3 aliphatic carbocycles. The summed E-state index contributed by atoms with van der Waals surface area (Å²) in [5.74, 6) is 3.85. The zero-order chi connectivity index (χ0) is 20.8. The third-order valence-electron chi connectivity index (χ3n) is 9.67. The second-order valence-electron chi connectivity index (χ2n) is 11.7. The van der Waals surface area contributed by atoms with Crippen LogP contribution in [-0.4, -0.2) is 11.9 Å². The molecule has 0 bridgehead atoms. The van der Waals surface area contributed by atoms with Crippen LogP contribution in [0.15, 0.2) is 23.8 Å². The van der Waals surface area contributed by atoms with Gasteiger partial charge in [0.2, 0.25) is 5.91 Å². The number of fused-ring (bicyclic) bond motifs is 5. The monoisotopic (exact) mass is 397 g/mol. The third kappa shape index (κ3) is 3.63. The zero-order valence-corrected chi connectivity index (χ0v) is 19.5. The fraction of sp³-hybridized carbons (Fsp3) is 0.815. The second-order valence-corrected chi connectivity index (χ2v) is 11.7. The average Bonchev–Trinajstić information content (AvgIpc) is 2.95. The molecular weight excluding hydrogens is 354 g/mol. The van der Waals surface area contributed by atoms with Crippen LogP contribution in [0.2, 0.25) is 0 Å². The van der Waals surface area contributed by atoms with Crippen LogP contribution in [0.5, 0.6) is 0 Å². The van der Waals surface area contributed by atoms with E-state index in [2.05, 4.69) is 52.1 Å². The smallest absolute Gasteiger partial charge is 0.244 e. The molecule has 0 spiro atoms. The molecule has 1 heterocycles. The van der Waals surface area contributed by atoms with Crippen molar-refractivity contribution in [1.29, 1.82) is 0 Å². The fourth-order valence-electron chi connectivity index (χ4n) is 7.97. The summed E-state index contributed by atoms with van der Waals surface area (Å²) in [6.07, 6.45) is 18.2. The quantitative estimate of drug-likeness (QED) is 0.551. The van der Waals surface area contributed by atoms with E-state index < -0.39 is 0 Å². The molecular formula is C27H43NO. The van der Waals surface area contributed by atoms with Crippen LogP contribution in [-0.2, 0) is 4.79 Å². The van der Waals surface area contributed by atoms with E-state index in [1.807, 2.05) is 6.08 Å². The molecule has 2 nitrogen and oxygen atoms in total. The van der Waals surface area contributed by atoms with E-state index in [9.17, 15) is 4.79 Å². The Morgan fingerprint density at radius 3 is 2.62 bits per heavy atom. The SMILES string of the molecule is CC(C)CCCC(C)C1CCC2C3NC(=O)C=C4C=CCCC4(C)C3CCC12C. The van der Waals surface area contributed by atoms with Gasteiger partial charge in [-0.2, -0.15) is 0 Å². The maximum Gasteiger partial charge on any atom is 0.244 e. The van der Waals surface area contributed by atoms with Gasteiger partial charge in [0.1, 0.15) is 0 Å². The minimum Gasteiger partial charge on any atom is -0.349 e. The molecule has 0 aromatic carbocycles. The van der Waals surface area contributed by atoms with Crippen molar-refractivity contribution in [3.63, 3.8) is 0 Å². The normalized spacial score (nSPS) is 42.4. The summed E-state index contributed by atoms with van der Waals surface area (Å²) in [6, 6.07) is 0.361. The lowest BCUT2D eigenvalue weighted by Crippen LogP contribution is -2.56. The Morgan fingerprint density at radius 2 is 1.86 bits per heavy atom. The van der Waals surface area contributed by atoms with E-state index in [1.54, 1.807) is 0 Å². The summed E-state index contributed by atoms with van der Waals surface area (Å²) >= 11 is 0. The molecule has 2 heteroatoms. The number of allylic oxidation sites excluding steroid dienone is 3. The lowest BCUT2D eigenvalue weighted by atomic mass is 9.52. The van der Waals surface area contributed by atoms with Crippen LogP contribution >= 0.6 is 0 Å². The Morgan fingerprint density at radius 1 is 1.07 bits per heavy atom. The van der Waals surface area contributed by atoms with Crippen LogP contribution < -0.4 is 5.32 Å². The summed E-state index contributed by atoms with van der Waals surface area (Å²) in [6.45, 7) is 12.2. The molecule has 0 radical (unpaired) electrons. The second kappa shape index (κ2) is 7.89. The van der Waals surface area contributed by atoms with Crippen molar-refractivity contribution >= 4 is 5.91 Å². The van der Waals surface area contributed by atoms with Crippen molar-refractivity contribution < 1.29 is 4.79 Å². The van der Waals surface area contributed by atoms with E-state index in [4.69, 9.17) is 0 Å². The number of carbonyl (C=O) groups is 1. The number of hydrogen-bond donors (Lipinski definition) is 1. The summed E-state index contributed by atoms with van der Waals surface area (Å²) in [7, 11) is 0. The molecule has 162 valence electrons. The Bertz CT molecular complexity index is 691. The third-order valence-corrected chi connectivity index (χ3v) is 9.67. The van der Waals surface area contributed by atoms with Crippen molar-refractivity contribution in [2.45, 2.75) is 98.4 Å². The van der Waals surface area contributed by atoms with Crippen molar-refractivity contribution in [1.82, 2.24) is 5.32 Å². The van der Waals surface area contributed by atoms with E-state index in [0.717, 1.165) is 24.2 Å². The van der Waals surface area contributed by atoms with Gasteiger partial charge in [0.05, 0.1) is 0 Å². The number of amides is 1. The number of carbonyl (C=O) groups excluding carboxylic acids is 1. The largest absolute Gasteiger partial charge is 0.349 e. The minimum absolute atomic E-state index is 0.156. The predicted molar refractivity (Wildman–Crippen MR) is 121 cm³/mol. The highest BCUT2D eigenvalue weighted by Gasteiger charge is 2.58. The van der Waals surface area contributed by atoms with Gasteiger partial charge in [-0.3, -0.25) is 4.79 Å². The number of hydrogen-bond acceptors (Lipinski definition) is 1. The van der Waals surface area contributed by atoms with Crippen LogP contribution in [0.25, 0.3) is 0 Å². The minimum atomic E-state index is 0.156. The van der Waals surface area contributed by atoms with Crippen molar-refractivity contribution in [3.05, 3.63) is 23.8 Å². The van der Waals surface area contributed by atoms with E-state index >= 15 is 0 Å². The fourth-order valence-corrected chi connectivity index (χ4v) is 7.97. The lowest BCUT2D eigenvalue weighted by Gasteiger charge is -2.54. The van der Waals surface area contributed by atoms with Gasteiger partial charge >= 0.3 is 0 Å². The van der Waals surface area contributed by atoms with Crippen LogP contribution in [0.1, 0.15) is 92.4 Å². The maximum absolute atomic E-state index is 12.8. The Hall–Kier alpha value is -1.05. The number of nitrogens with one attached hydrogen (secondary N) is 1. The number of rotatable bonds is 5. The van der Waals surface area contributed by atoms with Crippen LogP contribution in [0.4, 0.5) is 0 Å². The molecule has 7 unspecified atom stereocenters. The van der Waals surface area contributed by atoms with Gasteiger partial charge in [-0.1, -0.05) is 66.0 Å². The van der Waals surface area contributed by atoms with Crippen molar-refractivity contribution in [2.24, 2.45) is 40.4 Å². The molecule has 4 aliphatic rings. The molecule has 0 aromatic heterocycles. The standard InChI is InChI=1S/C27H43NO/c1-18(2)9-8-10-19(3)21-12-13-22-25-23(14-16-27(21,22)5)26(4)15-7-6-11-20(26)17-24(29)28-25/h6,11,17-19,21-23,25H,7-10,12-16H2,1-5H3,(H,28,29). The van der Waals surface area contributed by atoms with Crippen LogP contribution in [0.3, 0.4) is 0 Å². The average molecular weight is 398 g/mol. The first-order chi connectivity index (χ1) is 13.8. The highest BCUT2D eigenvalue weighted by atomic mass is 16.1. The highest BCUT2D eigenvalue weighted by Crippen LogP contribution is 2.63. The van der Waals surface area contributed by atoms with Gasteiger partial charge < -0.3 is 5.32 Å². The van der Waals surface area contributed by atoms with E-state index in [-0.39, 0.29) is 11.3 Å². The molecule has 4 rings (SSSR count). The zero-order valence-electron chi connectivity index (χ0n) is 19.5. The molecule has 2 saturated carbocycles. The molecule has 1 N–H and O–H groups in total. The van der Waals surface area contributed by atoms with Crippen molar-refractivity contribution in [2.75, 3.05) is 0 Å². The first-order valence-electron chi connectivity index (χ1n) is 12.4. The molecule has 7 atom stereocenters.